The molecule has 1 aliphatic rings. The van der Waals surface area contributed by atoms with Crippen molar-refractivity contribution in [2.45, 2.75) is 0 Å². The number of halogens is 1. The van der Waals surface area contributed by atoms with Crippen LogP contribution in [-0.4, -0.2) is 40.6 Å². The summed E-state index contributed by atoms with van der Waals surface area (Å²) in [5.41, 5.74) is 0.117. The highest BCUT2D eigenvalue weighted by Gasteiger charge is 2.31. The van der Waals surface area contributed by atoms with E-state index in [4.69, 9.17) is 5.11 Å². The summed E-state index contributed by atoms with van der Waals surface area (Å²) in [4.78, 5) is 16.7. The summed E-state index contributed by atoms with van der Waals surface area (Å²) in [6, 6.07) is 4.14. The molecular weight excluding hydrogens is 199 g/mol. The van der Waals surface area contributed by atoms with Crippen LogP contribution in [0.3, 0.4) is 0 Å². The zero-order chi connectivity index (χ0) is 10.8. The number of amides is 1. The number of carbonyl (C=O) groups is 1. The molecule has 0 aromatic carbocycles. The van der Waals surface area contributed by atoms with Crippen LogP contribution in [0, 0.1) is 11.9 Å². The Labute approximate surface area is 86.4 Å². The van der Waals surface area contributed by atoms with Crippen molar-refractivity contribution in [3.8, 4) is 0 Å². The molecule has 1 N–H and O–H groups in total. The SMILES string of the molecule is O=C(c1cccc(F)n1)N1CC(CO)C1. The molecule has 0 atom stereocenters. The molecule has 1 aromatic rings. The average molecular weight is 210 g/mol. The molecule has 1 saturated heterocycles. The highest BCUT2D eigenvalue weighted by molar-refractivity contribution is 5.92. The summed E-state index contributed by atoms with van der Waals surface area (Å²) in [6.07, 6.45) is 0. The Kier molecular flexibility index (Phi) is 2.64. The third-order valence-corrected chi connectivity index (χ3v) is 2.44. The Balaban J connectivity index is 2.03. The molecule has 0 saturated carbocycles. The van der Waals surface area contributed by atoms with Crippen molar-refractivity contribution in [1.29, 1.82) is 0 Å². The van der Waals surface area contributed by atoms with Crippen LogP contribution in [0.1, 0.15) is 10.5 Å². The second-order valence-electron chi connectivity index (χ2n) is 3.60. The Hall–Kier alpha value is -1.49. The molecule has 1 aromatic heterocycles. The van der Waals surface area contributed by atoms with E-state index in [1.54, 1.807) is 4.90 Å². The van der Waals surface area contributed by atoms with Crippen molar-refractivity contribution in [2.24, 2.45) is 5.92 Å². The highest BCUT2D eigenvalue weighted by Crippen LogP contribution is 2.17. The van der Waals surface area contributed by atoms with E-state index in [0.29, 0.717) is 13.1 Å². The fraction of sp³-hybridized carbons (Fsp3) is 0.400. The van der Waals surface area contributed by atoms with Crippen molar-refractivity contribution >= 4 is 5.91 Å². The van der Waals surface area contributed by atoms with E-state index in [-0.39, 0.29) is 24.1 Å². The number of aliphatic hydroxyl groups excluding tert-OH is 1. The highest BCUT2D eigenvalue weighted by atomic mass is 19.1. The van der Waals surface area contributed by atoms with E-state index in [2.05, 4.69) is 4.98 Å². The fourth-order valence-electron chi connectivity index (χ4n) is 1.54. The lowest BCUT2D eigenvalue weighted by molar-refractivity contribution is 0.0355. The Bertz CT molecular complexity index is 377. The molecule has 1 aliphatic heterocycles. The summed E-state index contributed by atoms with van der Waals surface area (Å²) >= 11 is 0. The number of hydrogen-bond acceptors (Lipinski definition) is 3. The standard InChI is InChI=1S/C10H11FN2O2/c11-9-3-1-2-8(12-9)10(15)13-4-7(5-13)6-14/h1-3,7,14H,4-6H2. The number of aliphatic hydroxyl groups is 1. The Morgan fingerprint density at radius 1 is 1.60 bits per heavy atom. The van der Waals surface area contributed by atoms with Gasteiger partial charge in [0, 0.05) is 25.6 Å². The zero-order valence-electron chi connectivity index (χ0n) is 8.06. The van der Waals surface area contributed by atoms with Crippen molar-refractivity contribution in [3.63, 3.8) is 0 Å². The number of aromatic nitrogens is 1. The topological polar surface area (TPSA) is 53.4 Å². The van der Waals surface area contributed by atoms with Crippen molar-refractivity contribution in [3.05, 3.63) is 29.8 Å². The summed E-state index contributed by atoms with van der Waals surface area (Å²) in [6.45, 7) is 1.13. The first-order valence-electron chi connectivity index (χ1n) is 4.73. The number of nitrogens with zero attached hydrogens (tertiary/aromatic N) is 2. The lowest BCUT2D eigenvalue weighted by Crippen LogP contribution is -2.51. The molecule has 4 nitrogen and oxygen atoms in total. The molecule has 80 valence electrons. The van der Waals surface area contributed by atoms with E-state index in [1.807, 2.05) is 0 Å². The van der Waals surface area contributed by atoms with E-state index >= 15 is 0 Å². The van der Waals surface area contributed by atoms with Crippen LogP contribution in [0.15, 0.2) is 18.2 Å². The van der Waals surface area contributed by atoms with Gasteiger partial charge in [-0.2, -0.15) is 4.39 Å². The minimum atomic E-state index is -0.653. The maximum atomic E-state index is 12.7. The van der Waals surface area contributed by atoms with Gasteiger partial charge in [-0.1, -0.05) is 6.07 Å². The number of rotatable bonds is 2. The van der Waals surface area contributed by atoms with Gasteiger partial charge < -0.3 is 10.0 Å². The minimum absolute atomic E-state index is 0.0837. The Morgan fingerprint density at radius 2 is 2.33 bits per heavy atom. The summed E-state index contributed by atoms with van der Waals surface area (Å²) < 4.78 is 12.7. The van der Waals surface area contributed by atoms with Crippen LogP contribution in [0.2, 0.25) is 0 Å². The maximum absolute atomic E-state index is 12.7. The zero-order valence-corrected chi connectivity index (χ0v) is 8.06. The van der Waals surface area contributed by atoms with Gasteiger partial charge in [0.2, 0.25) is 5.95 Å². The monoisotopic (exact) mass is 210 g/mol. The maximum Gasteiger partial charge on any atom is 0.272 e. The first-order valence-corrected chi connectivity index (χ1v) is 4.73. The average Bonchev–Trinajstić information content (AvgIpc) is 2.16. The Morgan fingerprint density at radius 3 is 2.93 bits per heavy atom. The molecule has 1 amide bonds. The van der Waals surface area contributed by atoms with Gasteiger partial charge in [-0.3, -0.25) is 4.79 Å². The van der Waals surface area contributed by atoms with E-state index < -0.39 is 5.95 Å². The molecule has 1 fully saturated rings. The fourth-order valence-corrected chi connectivity index (χ4v) is 1.54. The van der Waals surface area contributed by atoms with Crippen molar-refractivity contribution in [2.75, 3.05) is 19.7 Å². The van der Waals surface area contributed by atoms with Crippen molar-refractivity contribution in [1.82, 2.24) is 9.88 Å². The van der Waals surface area contributed by atoms with E-state index in [9.17, 15) is 9.18 Å². The third-order valence-electron chi connectivity index (χ3n) is 2.44. The molecule has 0 radical (unpaired) electrons. The quantitative estimate of drug-likeness (QED) is 0.713. The summed E-state index contributed by atoms with van der Waals surface area (Å²) in [5, 5.41) is 8.79. The first-order chi connectivity index (χ1) is 7.20. The molecule has 15 heavy (non-hydrogen) atoms. The molecule has 0 aliphatic carbocycles. The number of carbonyl (C=O) groups excluding carboxylic acids is 1. The van der Waals surface area contributed by atoms with Gasteiger partial charge in [-0.05, 0) is 12.1 Å². The van der Waals surface area contributed by atoms with Gasteiger partial charge in [-0.25, -0.2) is 4.98 Å². The molecule has 0 bridgehead atoms. The summed E-state index contributed by atoms with van der Waals surface area (Å²) in [5.74, 6) is -0.776. The van der Waals surface area contributed by atoms with Gasteiger partial charge >= 0.3 is 0 Å². The molecular formula is C10H11FN2O2. The second kappa shape index (κ2) is 3.94. The predicted octanol–water partition coefficient (Wildman–Crippen LogP) is 0.285. The molecule has 5 heteroatoms. The normalized spacial score (nSPS) is 16.3. The smallest absolute Gasteiger partial charge is 0.272 e. The summed E-state index contributed by atoms with van der Waals surface area (Å²) in [7, 11) is 0. The first kappa shape index (κ1) is 10.0. The van der Waals surface area contributed by atoms with Crippen molar-refractivity contribution < 1.29 is 14.3 Å². The van der Waals surface area contributed by atoms with Gasteiger partial charge in [-0.15, -0.1) is 0 Å². The molecule has 0 spiro atoms. The second-order valence-corrected chi connectivity index (χ2v) is 3.60. The minimum Gasteiger partial charge on any atom is -0.396 e. The number of hydrogen-bond donors (Lipinski definition) is 1. The lowest BCUT2D eigenvalue weighted by Gasteiger charge is -2.37. The van der Waals surface area contributed by atoms with Crippen LogP contribution in [0.5, 0.6) is 0 Å². The number of pyridine rings is 1. The molecule has 2 heterocycles. The van der Waals surface area contributed by atoms with Gasteiger partial charge in [0.1, 0.15) is 5.69 Å². The van der Waals surface area contributed by atoms with E-state index in [0.717, 1.165) is 0 Å². The van der Waals surface area contributed by atoms with E-state index in [1.165, 1.54) is 18.2 Å². The molecule has 2 rings (SSSR count). The van der Waals surface area contributed by atoms with Crippen LogP contribution < -0.4 is 0 Å². The largest absolute Gasteiger partial charge is 0.396 e. The number of likely N-dealkylation sites (tertiary alicyclic amines) is 1. The van der Waals surface area contributed by atoms with Crippen LogP contribution >= 0.6 is 0 Å². The third kappa shape index (κ3) is 1.97. The molecule has 0 unspecified atom stereocenters. The van der Waals surface area contributed by atoms with Crippen LogP contribution in [-0.2, 0) is 0 Å². The van der Waals surface area contributed by atoms with Crippen LogP contribution in [0.25, 0.3) is 0 Å². The van der Waals surface area contributed by atoms with Gasteiger partial charge in [0.25, 0.3) is 5.91 Å². The predicted molar refractivity (Wildman–Crippen MR) is 50.7 cm³/mol. The lowest BCUT2D eigenvalue weighted by atomic mass is 10.0. The van der Waals surface area contributed by atoms with Gasteiger partial charge in [0.05, 0.1) is 0 Å². The van der Waals surface area contributed by atoms with Gasteiger partial charge in [0.15, 0.2) is 0 Å². The van der Waals surface area contributed by atoms with Crippen LogP contribution in [0.4, 0.5) is 4.39 Å².